The Morgan fingerprint density at radius 3 is 2.82 bits per heavy atom. The Labute approximate surface area is 202 Å². The lowest BCUT2D eigenvalue weighted by Gasteiger charge is -2.25. The molecule has 3 aromatic rings. The van der Waals surface area contributed by atoms with Crippen molar-refractivity contribution in [3.63, 3.8) is 0 Å². The number of carbonyl (C=O) groups excluding carboxylic acids is 1. The fourth-order valence-corrected chi connectivity index (χ4v) is 4.61. The molecule has 6 nitrogen and oxygen atoms in total. The number of benzene rings is 2. The molecule has 0 spiro atoms. The first-order valence-corrected chi connectivity index (χ1v) is 12.0. The van der Waals surface area contributed by atoms with Gasteiger partial charge in [0.05, 0.1) is 13.2 Å². The minimum absolute atomic E-state index is 0.00347. The summed E-state index contributed by atoms with van der Waals surface area (Å²) in [6.45, 7) is 5.60. The monoisotopic (exact) mass is 482 g/mol. The second-order valence-corrected chi connectivity index (χ2v) is 8.81. The molecule has 2 heterocycles. The van der Waals surface area contributed by atoms with E-state index in [9.17, 15) is 9.18 Å². The number of nitrogens with zero attached hydrogens (tertiary/aromatic N) is 2. The second kappa shape index (κ2) is 11.3. The van der Waals surface area contributed by atoms with E-state index >= 15 is 0 Å². The highest BCUT2D eigenvalue weighted by Crippen LogP contribution is 2.30. The van der Waals surface area contributed by atoms with Crippen LogP contribution in [0.4, 0.5) is 4.39 Å². The highest BCUT2D eigenvalue weighted by Gasteiger charge is 2.25. The van der Waals surface area contributed by atoms with Gasteiger partial charge in [0.15, 0.2) is 11.5 Å². The number of ether oxygens (including phenoxy) is 3. The van der Waals surface area contributed by atoms with E-state index in [1.165, 1.54) is 23.5 Å². The van der Waals surface area contributed by atoms with Crippen molar-refractivity contribution < 1.29 is 23.4 Å². The molecule has 1 aliphatic heterocycles. The largest absolute Gasteiger partial charge is 0.493 e. The quantitative estimate of drug-likeness (QED) is 0.365. The Hall–Kier alpha value is -3.23. The molecule has 34 heavy (non-hydrogen) atoms. The Bertz CT molecular complexity index is 1130. The number of aromatic nitrogens is 1. The van der Waals surface area contributed by atoms with Gasteiger partial charge >= 0.3 is 0 Å². The van der Waals surface area contributed by atoms with Gasteiger partial charge in [-0.25, -0.2) is 9.37 Å². The first kappa shape index (κ1) is 23.9. The number of hydrogen-bond donors (Lipinski definition) is 0. The van der Waals surface area contributed by atoms with Crippen molar-refractivity contribution in [1.82, 2.24) is 9.88 Å². The summed E-state index contributed by atoms with van der Waals surface area (Å²) >= 11 is 1.36. The summed E-state index contributed by atoms with van der Waals surface area (Å²) in [5.74, 6) is 0.726. The number of rotatable bonds is 10. The van der Waals surface area contributed by atoms with Gasteiger partial charge in [0.1, 0.15) is 23.1 Å². The summed E-state index contributed by atoms with van der Waals surface area (Å²) in [5.41, 5.74) is 2.04. The zero-order valence-electron chi connectivity index (χ0n) is 19.0. The molecule has 0 radical (unpaired) electrons. The number of hydrogen-bond acceptors (Lipinski definition) is 6. The zero-order valence-corrected chi connectivity index (χ0v) is 19.9. The molecule has 1 aromatic heterocycles. The first-order valence-electron chi connectivity index (χ1n) is 11.1. The smallest absolute Gasteiger partial charge is 0.273 e. The average molecular weight is 483 g/mol. The maximum absolute atomic E-state index is 13.5. The van der Waals surface area contributed by atoms with Gasteiger partial charge in [-0.3, -0.25) is 4.79 Å². The minimum Gasteiger partial charge on any atom is -0.493 e. The number of thiazole rings is 1. The molecule has 0 saturated carbocycles. The maximum Gasteiger partial charge on any atom is 0.273 e. The summed E-state index contributed by atoms with van der Waals surface area (Å²) in [5, 5.41) is 2.42. The van der Waals surface area contributed by atoms with Crippen LogP contribution in [-0.2, 0) is 11.3 Å². The Morgan fingerprint density at radius 1 is 1.29 bits per heavy atom. The standard InChI is InChI=1S/C26H27FN2O4S/c1-3-12-33-23-11-6-18(14-24(23)31-2)15-29(16-21-5-4-13-32-21)26(30)22-17-34-25(28-22)19-7-9-20(27)10-8-19/h3,6-11,14,17,21H,1,4-5,12-13,15-16H2,2H3. The van der Waals surface area contributed by atoms with E-state index in [0.717, 1.165) is 24.0 Å². The van der Waals surface area contributed by atoms with Gasteiger partial charge in [0.2, 0.25) is 0 Å². The molecular formula is C26H27FN2O4S. The molecule has 2 aromatic carbocycles. The molecule has 4 rings (SSSR count). The number of halogens is 1. The van der Waals surface area contributed by atoms with Gasteiger partial charge in [0, 0.05) is 30.6 Å². The van der Waals surface area contributed by atoms with E-state index < -0.39 is 0 Å². The number of amides is 1. The van der Waals surface area contributed by atoms with Gasteiger partial charge in [-0.05, 0) is 54.8 Å². The van der Waals surface area contributed by atoms with Gasteiger partial charge in [-0.1, -0.05) is 18.7 Å². The van der Waals surface area contributed by atoms with Gasteiger partial charge < -0.3 is 19.1 Å². The molecule has 1 unspecified atom stereocenters. The topological polar surface area (TPSA) is 60.9 Å². The maximum atomic E-state index is 13.5. The molecular weight excluding hydrogens is 455 g/mol. The van der Waals surface area contributed by atoms with E-state index in [4.69, 9.17) is 14.2 Å². The van der Waals surface area contributed by atoms with E-state index in [0.29, 0.717) is 48.5 Å². The lowest BCUT2D eigenvalue weighted by Crippen LogP contribution is -2.37. The average Bonchev–Trinajstić information content (AvgIpc) is 3.55. The number of methoxy groups -OCH3 is 1. The predicted octanol–water partition coefficient (Wildman–Crippen LogP) is 5.34. The Balaban J connectivity index is 1.55. The fraction of sp³-hybridized carbons (Fsp3) is 0.308. The summed E-state index contributed by atoms with van der Waals surface area (Å²) in [4.78, 5) is 19.8. The van der Waals surface area contributed by atoms with Gasteiger partial charge in [0.25, 0.3) is 5.91 Å². The van der Waals surface area contributed by atoms with Crippen molar-refractivity contribution in [3.05, 3.63) is 77.6 Å². The fourth-order valence-electron chi connectivity index (χ4n) is 3.81. The van der Waals surface area contributed by atoms with Crippen LogP contribution in [0.25, 0.3) is 10.6 Å². The summed E-state index contributed by atoms with van der Waals surface area (Å²) in [7, 11) is 1.58. The van der Waals surface area contributed by atoms with E-state index in [1.54, 1.807) is 35.6 Å². The Morgan fingerprint density at radius 2 is 2.12 bits per heavy atom. The van der Waals surface area contributed by atoms with Crippen molar-refractivity contribution in [1.29, 1.82) is 0 Å². The van der Waals surface area contributed by atoms with E-state index in [2.05, 4.69) is 11.6 Å². The third-order valence-electron chi connectivity index (χ3n) is 5.51. The molecule has 1 fully saturated rings. The third kappa shape index (κ3) is 5.81. The van der Waals surface area contributed by atoms with Gasteiger partial charge in [-0.2, -0.15) is 0 Å². The number of carbonyl (C=O) groups is 1. The SMILES string of the molecule is C=CCOc1ccc(CN(CC2CCCO2)C(=O)c2csc(-c3ccc(F)cc3)n2)cc1OC. The molecule has 178 valence electrons. The molecule has 1 amide bonds. The van der Waals surface area contributed by atoms with Gasteiger partial charge in [-0.15, -0.1) is 11.3 Å². The van der Waals surface area contributed by atoms with E-state index in [1.807, 2.05) is 18.2 Å². The molecule has 1 aliphatic rings. The summed E-state index contributed by atoms with van der Waals surface area (Å²) in [6.07, 6.45) is 3.57. The van der Waals surface area contributed by atoms with Crippen LogP contribution in [0.15, 0.2) is 60.5 Å². The normalized spacial score (nSPS) is 15.2. The van der Waals surface area contributed by atoms with Crippen molar-refractivity contribution in [2.24, 2.45) is 0 Å². The molecule has 0 N–H and O–H groups in total. The highest BCUT2D eigenvalue weighted by atomic mass is 32.1. The molecule has 1 atom stereocenters. The van der Waals surface area contributed by atoms with Crippen molar-refractivity contribution in [3.8, 4) is 22.1 Å². The first-order chi connectivity index (χ1) is 16.6. The molecule has 0 bridgehead atoms. The predicted molar refractivity (Wildman–Crippen MR) is 130 cm³/mol. The van der Waals surface area contributed by atoms with Crippen molar-refractivity contribution >= 4 is 17.2 Å². The van der Waals surface area contributed by atoms with E-state index in [-0.39, 0.29) is 17.8 Å². The van der Waals surface area contributed by atoms with Crippen LogP contribution in [0.1, 0.15) is 28.9 Å². The van der Waals surface area contributed by atoms with Crippen molar-refractivity contribution in [2.75, 3.05) is 26.9 Å². The van der Waals surface area contributed by atoms with Crippen LogP contribution < -0.4 is 9.47 Å². The summed E-state index contributed by atoms with van der Waals surface area (Å²) in [6, 6.07) is 11.7. The highest BCUT2D eigenvalue weighted by molar-refractivity contribution is 7.13. The lowest BCUT2D eigenvalue weighted by molar-refractivity contribution is 0.0503. The Kier molecular flexibility index (Phi) is 7.92. The van der Waals surface area contributed by atoms with Crippen LogP contribution in [0.2, 0.25) is 0 Å². The second-order valence-electron chi connectivity index (χ2n) is 7.95. The van der Waals surface area contributed by atoms with Crippen LogP contribution in [0.5, 0.6) is 11.5 Å². The molecule has 8 heteroatoms. The molecule has 0 aliphatic carbocycles. The lowest BCUT2D eigenvalue weighted by atomic mass is 10.1. The molecule has 1 saturated heterocycles. The van der Waals surface area contributed by atoms with Crippen LogP contribution >= 0.6 is 11.3 Å². The van der Waals surface area contributed by atoms with Crippen molar-refractivity contribution in [2.45, 2.75) is 25.5 Å². The zero-order chi connectivity index (χ0) is 23.9. The van der Waals surface area contributed by atoms with Crippen LogP contribution in [0.3, 0.4) is 0 Å². The summed E-state index contributed by atoms with van der Waals surface area (Å²) < 4.78 is 30.2. The van der Waals surface area contributed by atoms with Crippen LogP contribution in [0, 0.1) is 5.82 Å². The van der Waals surface area contributed by atoms with Crippen LogP contribution in [-0.4, -0.2) is 48.8 Å². The third-order valence-corrected chi connectivity index (χ3v) is 6.40. The minimum atomic E-state index is -0.310.